The molecule has 0 aliphatic rings. The molecule has 64 valence electrons. The van der Waals surface area contributed by atoms with Crippen molar-refractivity contribution in [2.24, 2.45) is 0 Å². The standard InChI is InChI=1S/C9H4Br2N2/c1-2-6-3-8(10)7(5-13-12)9(11)4-6/h1,3-5H. The molecule has 0 saturated carbocycles. The molecule has 1 rings (SSSR count). The summed E-state index contributed by atoms with van der Waals surface area (Å²) in [5.74, 6) is 2.51. The van der Waals surface area contributed by atoms with Crippen LogP contribution >= 0.6 is 31.9 Å². The number of hydrogen-bond donors (Lipinski definition) is 0. The topological polar surface area (TPSA) is 36.4 Å². The largest absolute Gasteiger partial charge is 0.361 e. The Bertz CT molecular complexity index is 403. The van der Waals surface area contributed by atoms with Crippen molar-refractivity contribution >= 4 is 38.1 Å². The molecule has 0 saturated heterocycles. The third-order valence-corrected chi connectivity index (χ3v) is 2.74. The van der Waals surface area contributed by atoms with Crippen LogP contribution < -0.4 is 0 Å². The minimum Gasteiger partial charge on any atom is -0.361 e. The molecule has 1 aromatic rings. The first kappa shape index (κ1) is 10.2. The summed E-state index contributed by atoms with van der Waals surface area (Å²) in [4.78, 5) is 2.95. The number of halogens is 2. The molecule has 1 aromatic carbocycles. The lowest BCUT2D eigenvalue weighted by molar-refractivity contribution is 0.00447. The Balaban J connectivity index is 3.41. The zero-order valence-corrected chi connectivity index (χ0v) is 9.63. The van der Waals surface area contributed by atoms with E-state index in [-0.39, 0.29) is 0 Å². The summed E-state index contributed by atoms with van der Waals surface area (Å²) in [6, 6.07) is 3.56. The number of hydrogen-bond acceptors (Lipinski definition) is 0. The van der Waals surface area contributed by atoms with Crippen LogP contribution in [0.15, 0.2) is 21.1 Å². The molecular weight excluding hydrogens is 296 g/mol. The van der Waals surface area contributed by atoms with Crippen molar-refractivity contribution in [1.29, 1.82) is 0 Å². The van der Waals surface area contributed by atoms with Crippen LogP contribution in [-0.2, 0) is 0 Å². The molecule has 2 nitrogen and oxygen atoms in total. The van der Waals surface area contributed by atoms with Crippen LogP contribution in [0, 0.1) is 12.3 Å². The van der Waals surface area contributed by atoms with Gasteiger partial charge in [-0.2, -0.15) is 4.79 Å². The van der Waals surface area contributed by atoms with Gasteiger partial charge in [0, 0.05) is 14.5 Å². The van der Waals surface area contributed by atoms with Crippen molar-refractivity contribution in [3.05, 3.63) is 37.7 Å². The fourth-order valence-corrected chi connectivity index (χ4v) is 2.24. The van der Waals surface area contributed by atoms with E-state index >= 15 is 0 Å². The van der Waals surface area contributed by atoms with Gasteiger partial charge in [-0.3, -0.25) is 0 Å². The molecule has 0 aliphatic carbocycles. The maximum absolute atomic E-state index is 8.38. The average Bonchev–Trinajstić information content (AvgIpc) is 2.11. The quantitative estimate of drug-likeness (QED) is 0.331. The van der Waals surface area contributed by atoms with Crippen molar-refractivity contribution in [3.63, 3.8) is 0 Å². The minimum atomic E-state index is 0.751. The van der Waals surface area contributed by atoms with E-state index in [4.69, 9.17) is 12.0 Å². The van der Waals surface area contributed by atoms with Gasteiger partial charge in [-0.15, -0.1) is 6.42 Å². The third kappa shape index (κ3) is 2.28. The SMILES string of the molecule is C#Cc1cc(Br)c(C=[N+]=[N-])c(Br)c1. The summed E-state index contributed by atoms with van der Waals surface area (Å²) < 4.78 is 1.57. The molecule has 0 aromatic heterocycles. The number of rotatable bonds is 1. The highest BCUT2D eigenvalue weighted by atomic mass is 79.9. The van der Waals surface area contributed by atoms with Gasteiger partial charge in [-0.1, -0.05) is 5.92 Å². The van der Waals surface area contributed by atoms with Crippen molar-refractivity contribution in [2.75, 3.05) is 0 Å². The molecule has 0 heterocycles. The molecule has 0 amide bonds. The van der Waals surface area contributed by atoms with Crippen LogP contribution in [0.2, 0.25) is 0 Å². The first-order valence-corrected chi connectivity index (χ1v) is 4.90. The van der Waals surface area contributed by atoms with Gasteiger partial charge in [0.25, 0.3) is 6.21 Å². The highest BCUT2D eigenvalue weighted by Crippen LogP contribution is 2.25. The Morgan fingerprint density at radius 3 is 2.31 bits per heavy atom. The van der Waals surface area contributed by atoms with Gasteiger partial charge in [-0.05, 0) is 44.0 Å². The zero-order valence-electron chi connectivity index (χ0n) is 6.46. The van der Waals surface area contributed by atoms with Crippen LogP contribution in [0.1, 0.15) is 11.1 Å². The summed E-state index contributed by atoms with van der Waals surface area (Å²) in [5.41, 5.74) is 9.89. The first-order chi connectivity index (χ1) is 6.19. The van der Waals surface area contributed by atoms with E-state index in [0.29, 0.717) is 0 Å². The van der Waals surface area contributed by atoms with Crippen molar-refractivity contribution in [2.45, 2.75) is 0 Å². The number of benzene rings is 1. The van der Waals surface area contributed by atoms with Crippen LogP contribution in [0.25, 0.3) is 5.53 Å². The maximum atomic E-state index is 8.38. The van der Waals surface area contributed by atoms with Crippen LogP contribution in [0.5, 0.6) is 0 Å². The van der Waals surface area contributed by atoms with Gasteiger partial charge in [0.05, 0.1) is 5.56 Å². The number of nitrogens with zero attached hydrogens (tertiary/aromatic N) is 2. The molecule has 0 atom stereocenters. The lowest BCUT2D eigenvalue weighted by atomic mass is 10.1. The Labute approximate surface area is 92.8 Å². The van der Waals surface area contributed by atoms with E-state index in [1.165, 1.54) is 6.21 Å². The fourth-order valence-electron chi connectivity index (χ4n) is 0.849. The van der Waals surface area contributed by atoms with Gasteiger partial charge in [0.2, 0.25) is 0 Å². The highest BCUT2D eigenvalue weighted by molar-refractivity contribution is 9.11. The predicted molar refractivity (Wildman–Crippen MR) is 58.6 cm³/mol. The number of terminal acetylenes is 1. The van der Waals surface area contributed by atoms with Gasteiger partial charge >= 0.3 is 0 Å². The smallest absolute Gasteiger partial charge is 0.290 e. The minimum absolute atomic E-state index is 0.751. The van der Waals surface area contributed by atoms with Crippen molar-refractivity contribution in [1.82, 2.24) is 0 Å². The lowest BCUT2D eigenvalue weighted by Crippen LogP contribution is -1.88. The molecule has 0 radical (unpaired) electrons. The van der Waals surface area contributed by atoms with Gasteiger partial charge in [-0.25, -0.2) is 0 Å². The van der Waals surface area contributed by atoms with Crippen molar-refractivity contribution < 1.29 is 4.79 Å². The second-order valence-electron chi connectivity index (χ2n) is 2.24. The van der Waals surface area contributed by atoms with E-state index < -0.39 is 0 Å². The molecule has 0 unspecified atom stereocenters. The Morgan fingerprint density at radius 1 is 1.38 bits per heavy atom. The Morgan fingerprint density at radius 2 is 1.92 bits per heavy atom. The molecule has 0 aliphatic heterocycles. The first-order valence-electron chi connectivity index (χ1n) is 3.32. The van der Waals surface area contributed by atoms with Crippen LogP contribution in [-0.4, -0.2) is 11.0 Å². The highest BCUT2D eigenvalue weighted by Gasteiger charge is 2.07. The molecule has 4 heteroatoms. The summed E-state index contributed by atoms with van der Waals surface area (Å²) in [7, 11) is 0. The normalized spacial score (nSPS) is 8.69. The van der Waals surface area contributed by atoms with Gasteiger partial charge in [0.1, 0.15) is 0 Å². The van der Waals surface area contributed by atoms with E-state index in [1.54, 1.807) is 12.1 Å². The monoisotopic (exact) mass is 298 g/mol. The molecule has 0 bridgehead atoms. The second kappa shape index (κ2) is 4.38. The Kier molecular flexibility index (Phi) is 3.44. The van der Waals surface area contributed by atoms with E-state index in [1.807, 2.05) is 0 Å². The van der Waals surface area contributed by atoms with E-state index in [0.717, 1.165) is 20.1 Å². The molecule has 13 heavy (non-hydrogen) atoms. The molecule has 0 spiro atoms. The van der Waals surface area contributed by atoms with Crippen LogP contribution in [0.3, 0.4) is 0 Å². The Hall–Kier alpha value is -0.880. The van der Waals surface area contributed by atoms with Crippen LogP contribution in [0.4, 0.5) is 0 Å². The van der Waals surface area contributed by atoms with Gasteiger partial charge < -0.3 is 5.53 Å². The van der Waals surface area contributed by atoms with E-state index in [9.17, 15) is 0 Å². The molecule has 0 fully saturated rings. The maximum Gasteiger partial charge on any atom is 0.290 e. The predicted octanol–water partition coefficient (Wildman–Crippen LogP) is 2.84. The molecule has 0 N–H and O–H groups in total. The molecular formula is C9H4Br2N2. The third-order valence-electron chi connectivity index (χ3n) is 1.43. The summed E-state index contributed by atoms with van der Waals surface area (Å²) in [6.45, 7) is 0. The second-order valence-corrected chi connectivity index (χ2v) is 3.95. The van der Waals surface area contributed by atoms with Crippen molar-refractivity contribution in [3.8, 4) is 12.3 Å². The average molecular weight is 300 g/mol. The lowest BCUT2D eigenvalue weighted by Gasteiger charge is -1.99. The zero-order chi connectivity index (χ0) is 9.84. The fraction of sp³-hybridized carbons (Fsp3) is 0. The summed E-state index contributed by atoms with van der Waals surface area (Å²) >= 11 is 6.62. The van der Waals surface area contributed by atoms with Gasteiger partial charge in [0.15, 0.2) is 0 Å². The summed E-state index contributed by atoms with van der Waals surface area (Å²) in [6.07, 6.45) is 6.56. The van der Waals surface area contributed by atoms with E-state index in [2.05, 4.69) is 42.6 Å². The summed E-state index contributed by atoms with van der Waals surface area (Å²) in [5, 5.41) is 0.